The number of carbonyl (C=O) groups is 2. The van der Waals surface area contributed by atoms with E-state index < -0.39 is 11.9 Å². The third-order valence-corrected chi connectivity index (χ3v) is 6.08. The number of ether oxygens (including phenoxy) is 3. The number of benzene rings is 3. The second-order valence-electron chi connectivity index (χ2n) is 8.10. The summed E-state index contributed by atoms with van der Waals surface area (Å²) < 4.78 is 16.5. The summed E-state index contributed by atoms with van der Waals surface area (Å²) in [5.41, 5.74) is 1.60. The molecule has 0 unspecified atom stereocenters. The molecule has 9 heteroatoms. The van der Waals surface area contributed by atoms with E-state index in [0.717, 1.165) is 11.3 Å². The van der Waals surface area contributed by atoms with Gasteiger partial charge in [-0.15, -0.1) is 0 Å². The van der Waals surface area contributed by atoms with Gasteiger partial charge in [0.2, 0.25) is 0 Å². The molecule has 0 aliphatic rings. The van der Waals surface area contributed by atoms with Gasteiger partial charge in [0.25, 0.3) is 5.91 Å². The maximum Gasteiger partial charge on any atom is 0.326 e. The zero-order valence-corrected chi connectivity index (χ0v) is 22.6. The molecule has 0 saturated carbocycles. The minimum atomic E-state index is -0.577. The molecule has 3 aromatic rings. The highest BCUT2D eigenvalue weighted by Crippen LogP contribution is 2.41. The number of nitrogens with zero attached hydrogens (tertiary/aromatic N) is 1. The molecule has 0 spiro atoms. The Kier molecular flexibility index (Phi) is 9.49. The van der Waals surface area contributed by atoms with Crippen molar-refractivity contribution in [2.45, 2.75) is 26.7 Å². The maximum absolute atomic E-state index is 13.3. The Morgan fingerprint density at radius 2 is 1.58 bits per heavy atom. The Labute approximate surface area is 225 Å². The van der Waals surface area contributed by atoms with E-state index in [1.165, 1.54) is 17.0 Å². The lowest BCUT2D eigenvalue weighted by molar-refractivity contribution is -0.141. The van der Waals surface area contributed by atoms with Crippen LogP contribution in [0.3, 0.4) is 0 Å². The maximum atomic E-state index is 13.3. The number of rotatable bonds is 9. The Bertz CT molecular complexity index is 1220. The number of amides is 1. The normalized spacial score (nSPS) is 10.8. The van der Waals surface area contributed by atoms with Gasteiger partial charge >= 0.3 is 5.97 Å². The SMILES string of the molecule is CCOC(=O)CN(C(=O)c1ccc(Cl)cc1)c1cc(Cl)c(Oc2ccc(OC)c(C(C)C)c2)c(Cl)c1. The van der Waals surface area contributed by atoms with E-state index in [1.807, 2.05) is 26.0 Å². The van der Waals surface area contributed by atoms with Crippen LogP contribution in [0.25, 0.3) is 0 Å². The van der Waals surface area contributed by atoms with Crippen molar-refractivity contribution in [1.82, 2.24) is 0 Å². The first kappa shape index (κ1) is 27.7. The van der Waals surface area contributed by atoms with Crippen LogP contribution in [0.15, 0.2) is 54.6 Å². The highest BCUT2D eigenvalue weighted by atomic mass is 35.5. The first-order valence-electron chi connectivity index (χ1n) is 11.2. The van der Waals surface area contributed by atoms with Crippen molar-refractivity contribution in [2.24, 2.45) is 0 Å². The summed E-state index contributed by atoms with van der Waals surface area (Å²) in [7, 11) is 1.61. The molecule has 0 N–H and O–H groups in total. The zero-order valence-electron chi connectivity index (χ0n) is 20.3. The Hall–Kier alpha value is -2.93. The quantitative estimate of drug-likeness (QED) is 0.255. The van der Waals surface area contributed by atoms with E-state index in [9.17, 15) is 9.59 Å². The standard InChI is InChI=1S/C27H26Cl3NO5/c1-5-35-25(32)15-31(27(33)17-6-8-18(28)9-7-17)19-12-22(29)26(23(30)13-19)36-20-10-11-24(34-4)21(14-20)16(2)3/h6-14,16H,5,15H2,1-4H3. The molecule has 3 rings (SSSR count). The van der Waals surface area contributed by atoms with Crippen LogP contribution >= 0.6 is 34.8 Å². The Morgan fingerprint density at radius 1 is 0.944 bits per heavy atom. The van der Waals surface area contributed by atoms with Gasteiger partial charge in [0, 0.05) is 21.8 Å². The van der Waals surface area contributed by atoms with Gasteiger partial charge in [-0.25, -0.2) is 0 Å². The summed E-state index contributed by atoms with van der Waals surface area (Å²) in [6, 6.07) is 14.8. The lowest BCUT2D eigenvalue weighted by atomic mass is 10.0. The molecule has 6 nitrogen and oxygen atoms in total. The molecule has 0 aromatic heterocycles. The average molecular weight is 551 g/mol. The minimum absolute atomic E-state index is 0.164. The van der Waals surface area contributed by atoms with E-state index in [4.69, 9.17) is 49.0 Å². The second-order valence-corrected chi connectivity index (χ2v) is 9.35. The van der Waals surface area contributed by atoms with E-state index in [2.05, 4.69) is 0 Å². The van der Waals surface area contributed by atoms with Crippen molar-refractivity contribution in [2.75, 3.05) is 25.2 Å². The van der Waals surface area contributed by atoms with Crippen molar-refractivity contribution in [3.8, 4) is 17.2 Å². The average Bonchev–Trinajstić information content (AvgIpc) is 2.84. The van der Waals surface area contributed by atoms with Gasteiger partial charge in [-0.1, -0.05) is 48.7 Å². The molecule has 1 amide bonds. The van der Waals surface area contributed by atoms with Crippen LogP contribution in [0.5, 0.6) is 17.2 Å². The van der Waals surface area contributed by atoms with Crippen molar-refractivity contribution in [1.29, 1.82) is 0 Å². The molecule has 0 atom stereocenters. The van der Waals surface area contributed by atoms with Crippen molar-refractivity contribution >= 4 is 52.4 Å². The van der Waals surface area contributed by atoms with Crippen LogP contribution < -0.4 is 14.4 Å². The van der Waals surface area contributed by atoms with Crippen LogP contribution in [0.4, 0.5) is 5.69 Å². The van der Waals surface area contributed by atoms with Gasteiger partial charge in [-0.3, -0.25) is 14.5 Å². The molecule has 3 aromatic carbocycles. The molecule has 36 heavy (non-hydrogen) atoms. The van der Waals surface area contributed by atoms with Crippen molar-refractivity contribution < 1.29 is 23.8 Å². The number of hydrogen-bond acceptors (Lipinski definition) is 5. The summed E-state index contributed by atoms with van der Waals surface area (Å²) in [6.45, 7) is 5.63. The van der Waals surface area contributed by atoms with Crippen LogP contribution in [-0.2, 0) is 9.53 Å². The minimum Gasteiger partial charge on any atom is -0.496 e. The van der Waals surface area contributed by atoms with Crippen LogP contribution in [0.2, 0.25) is 15.1 Å². The zero-order chi connectivity index (χ0) is 26.4. The summed E-state index contributed by atoms with van der Waals surface area (Å²) in [4.78, 5) is 26.8. The molecule has 0 saturated heterocycles. The summed E-state index contributed by atoms with van der Waals surface area (Å²) in [6.07, 6.45) is 0. The molecule has 190 valence electrons. The van der Waals surface area contributed by atoms with Gasteiger partial charge in [0.05, 0.1) is 23.8 Å². The predicted octanol–water partition coefficient (Wildman–Crippen LogP) is 7.78. The van der Waals surface area contributed by atoms with Crippen molar-refractivity contribution in [3.63, 3.8) is 0 Å². The van der Waals surface area contributed by atoms with Gasteiger partial charge in [0.15, 0.2) is 5.75 Å². The highest BCUT2D eigenvalue weighted by Gasteiger charge is 2.24. The lowest BCUT2D eigenvalue weighted by Crippen LogP contribution is -2.36. The molecule has 0 fully saturated rings. The van der Waals surface area contributed by atoms with Crippen molar-refractivity contribution in [3.05, 3.63) is 80.8 Å². The highest BCUT2D eigenvalue weighted by molar-refractivity contribution is 6.38. The second kappa shape index (κ2) is 12.3. The van der Waals surface area contributed by atoms with E-state index in [-0.39, 0.29) is 34.9 Å². The largest absolute Gasteiger partial charge is 0.496 e. The van der Waals surface area contributed by atoms with Gasteiger partial charge in [0.1, 0.15) is 18.0 Å². The third-order valence-electron chi connectivity index (χ3n) is 5.27. The molecule has 0 heterocycles. The number of carbonyl (C=O) groups excluding carboxylic acids is 2. The Morgan fingerprint density at radius 3 is 2.14 bits per heavy atom. The molecular weight excluding hydrogens is 525 g/mol. The molecular formula is C27H26Cl3NO5. The summed E-state index contributed by atoms with van der Waals surface area (Å²) in [5.74, 6) is 0.671. The van der Waals surface area contributed by atoms with Gasteiger partial charge in [-0.2, -0.15) is 0 Å². The summed E-state index contributed by atoms with van der Waals surface area (Å²) in [5, 5.41) is 0.810. The van der Waals surface area contributed by atoms with E-state index in [0.29, 0.717) is 22.0 Å². The predicted molar refractivity (Wildman–Crippen MR) is 143 cm³/mol. The number of esters is 1. The first-order chi connectivity index (χ1) is 17.1. The van der Waals surface area contributed by atoms with Gasteiger partial charge in [-0.05, 0) is 67.4 Å². The summed E-state index contributed by atoms with van der Waals surface area (Å²) >= 11 is 19.1. The monoisotopic (exact) mass is 549 g/mol. The Balaban J connectivity index is 1.97. The fraction of sp³-hybridized carbons (Fsp3) is 0.259. The lowest BCUT2D eigenvalue weighted by Gasteiger charge is -2.23. The van der Waals surface area contributed by atoms with Crippen LogP contribution in [0.1, 0.15) is 42.6 Å². The van der Waals surface area contributed by atoms with Crippen LogP contribution in [0, 0.1) is 0 Å². The fourth-order valence-corrected chi connectivity index (χ4v) is 4.19. The van der Waals surface area contributed by atoms with E-state index >= 15 is 0 Å². The van der Waals surface area contributed by atoms with Gasteiger partial charge < -0.3 is 14.2 Å². The molecule has 0 bridgehead atoms. The van der Waals surface area contributed by atoms with Crippen LogP contribution in [-0.4, -0.2) is 32.1 Å². The molecule has 0 radical (unpaired) electrons. The number of methoxy groups -OCH3 is 1. The molecule has 0 aliphatic carbocycles. The first-order valence-corrected chi connectivity index (χ1v) is 12.4. The van der Waals surface area contributed by atoms with E-state index in [1.54, 1.807) is 44.4 Å². The molecule has 0 aliphatic heterocycles. The number of anilines is 1. The fourth-order valence-electron chi connectivity index (χ4n) is 3.51. The smallest absolute Gasteiger partial charge is 0.326 e. The number of hydrogen-bond donors (Lipinski definition) is 0. The topological polar surface area (TPSA) is 65.1 Å². The number of halogens is 3. The third kappa shape index (κ3) is 6.64.